The first-order chi connectivity index (χ1) is 6.24. The van der Waals surface area contributed by atoms with Crippen LogP contribution in [0.3, 0.4) is 0 Å². The van der Waals surface area contributed by atoms with Gasteiger partial charge in [0.1, 0.15) is 0 Å². The maximum atomic E-state index is 6.09. The molecule has 2 rings (SSSR count). The number of benzene rings is 1. The van der Waals surface area contributed by atoms with Gasteiger partial charge < -0.3 is 5.73 Å². The largest absolute Gasteiger partial charge is 0.398 e. The van der Waals surface area contributed by atoms with Gasteiger partial charge in [-0.3, -0.25) is 0 Å². The lowest BCUT2D eigenvalue weighted by molar-refractivity contribution is 1.47. The average Bonchev–Trinajstić information content (AvgIpc) is 2.60. The highest BCUT2D eigenvalue weighted by atomic mass is 79.9. The zero-order valence-electron chi connectivity index (χ0n) is 6.68. The SMILES string of the molecule is Nc1c(CBr)cc(Cl)c2sccc12. The first-order valence-electron chi connectivity index (χ1n) is 3.74. The molecule has 4 heteroatoms. The summed E-state index contributed by atoms with van der Waals surface area (Å²) in [6.07, 6.45) is 0. The van der Waals surface area contributed by atoms with Crippen LogP contribution in [-0.2, 0) is 5.33 Å². The average molecular weight is 277 g/mol. The highest BCUT2D eigenvalue weighted by Crippen LogP contribution is 2.35. The molecule has 0 saturated carbocycles. The number of hydrogen-bond acceptors (Lipinski definition) is 2. The summed E-state index contributed by atoms with van der Waals surface area (Å²) in [5, 5.41) is 4.59. The summed E-state index contributed by atoms with van der Waals surface area (Å²) >= 11 is 11.1. The Bertz CT molecular complexity index is 452. The summed E-state index contributed by atoms with van der Waals surface area (Å²) in [5.41, 5.74) is 7.84. The molecule has 0 radical (unpaired) electrons. The Morgan fingerprint density at radius 1 is 1.54 bits per heavy atom. The van der Waals surface area contributed by atoms with Gasteiger partial charge in [-0.1, -0.05) is 27.5 Å². The quantitative estimate of drug-likeness (QED) is 0.617. The number of alkyl halides is 1. The molecule has 0 unspecified atom stereocenters. The van der Waals surface area contributed by atoms with Crippen molar-refractivity contribution in [3.8, 4) is 0 Å². The predicted octanol–water partition coefficient (Wildman–Crippen LogP) is 4.03. The second-order valence-corrected chi connectivity index (χ2v) is 4.61. The highest BCUT2D eigenvalue weighted by molar-refractivity contribution is 9.08. The van der Waals surface area contributed by atoms with Crippen molar-refractivity contribution in [3.63, 3.8) is 0 Å². The Labute approximate surface area is 93.6 Å². The van der Waals surface area contributed by atoms with Crippen molar-refractivity contribution in [2.75, 3.05) is 5.73 Å². The van der Waals surface area contributed by atoms with Crippen LogP contribution in [0, 0.1) is 0 Å². The third kappa shape index (κ3) is 1.45. The minimum atomic E-state index is 0.740. The van der Waals surface area contributed by atoms with Crippen molar-refractivity contribution in [3.05, 3.63) is 28.1 Å². The monoisotopic (exact) mass is 275 g/mol. The second kappa shape index (κ2) is 3.48. The van der Waals surface area contributed by atoms with Crippen molar-refractivity contribution in [2.45, 2.75) is 5.33 Å². The molecule has 0 saturated heterocycles. The fourth-order valence-electron chi connectivity index (χ4n) is 1.29. The van der Waals surface area contributed by atoms with Crippen LogP contribution in [0.4, 0.5) is 5.69 Å². The summed E-state index contributed by atoms with van der Waals surface area (Å²) in [7, 11) is 0. The van der Waals surface area contributed by atoms with Crippen molar-refractivity contribution in [2.24, 2.45) is 0 Å². The van der Waals surface area contributed by atoms with E-state index in [9.17, 15) is 0 Å². The van der Waals surface area contributed by atoms with Crippen molar-refractivity contribution >= 4 is 54.6 Å². The third-order valence-electron chi connectivity index (χ3n) is 1.96. The number of fused-ring (bicyclic) bond motifs is 1. The lowest BCUT2D eigenvalue weighted by Gasteiger charge is -2.04. The summed E-state index contributed by atoms with van der Waals surface area (Å²) in [4.78, 5) is 0. The summed E-state index contributed by atoms with van der Waals surface area (Å²) in [6.45, 7) is 0. The van der Waals surface area contributed by atoms with E-state index in [4.69, 9.17) is 17.3 Å². The molecular weight excluding hydrogens is 270 g/mol. The van der Waals surface area contributed by atoms with Crippen LogP contribution in [0.2, 0.25) is 5.02 Å². The van der Waals surface area contributed by atoms with Gasteiger partial charge >= 0.3 is 0 Å². The van der Waals surface area contributed by atoms with Gasteiger partial charge in [0.25, 0.3) is 0 Å². The molecule has 1 aromatic carbocycles. The van der Waals surface area contributed by atoms with Gasteiger partial charge in [0.05, 0.1) is 9.72 Å². The van der Waals surface area contributed by atoms with Gasteiger partial charge in [-0.05, 0) is 23.1 Å². The van der Waals surface area contributed by atoms with Gasteiger partial charge in [0, 0.05) is 16.4 Å². The second-order valence-electron chi connectivity index (χ2n) is 2.73. The van der Waals surface area contributed by atoms with Gasteiger partial charge in [-0.2, -0.15) is 0 Å². The molecule has 0 amide bonds. The standard InChI is InChI=1S/C9H7BrClNS/c10-4-5-3-7(11)9-6(8(5)12)1-2-13-9/h1-3H,4,12H2. The number of nitrogens with two attached hydrogens (primary N) is 1. The lowest BCUT2D eigenvalue weighted by atomic mass is 10.1. The smallest absolute Gasteiger partial charge is 0.0588 e. The van der Waals surface area contributed by atoms with Crippen LogP contribution in [-0.4, -0.2) is 0 Å². The minimum Gasteiger partial charge on any atom is -0.398 e. The molecule has 0 atom stereocenters. The maximum absolute atomic E-state index is 6.09. The van der Waals surface area contributed by atoms with Crippen LogP contribution in [0.5, 0.6) is 0 Å². The first kappa shape index (κ1) is 9.31. The van der Waals surface area contributed by atoms with Crippen molar-refractivity contribution in [1.82, 2.24) is 0 Å². The molecule has 0 fully saturated rings. The Balaban J connectivity index is 2.85. The molecule has 0 spiro atoms. The molecular formula is C9H7BrClNS. The number of anilines is 1. The zero-order chi connectivity index (χ0) is 9.42. The summed E-state index contributed by atoms with van der Waals surface area (Å²) in [6, 6.07) is 3.93. The molecule has 1 aromatic heterocycles. The van der Waals surface area contributed by atoms with Crippen LogP contribution < -0.4 is 5.73 Å². The van der Waals surface area contributed by atoms with Gasteiger partial charge in [-0.15, -0.1) is 11.3 Å². The lowest BCUT2D eigenvalue weighted by Crippen LogP contribution is -1.92. The maximum Gasteiger partial charge on any atom is 0.0588 e. The molecule has 0 aliphatic carbocycles. The zero-order valence-corrected chi connectivity index (χ0v) is 9.84. The van der Waals surface area contributed by atoms with E-state index in [2.05, 4.69) is 15.9 Å². The van der Waals surface area contributed by atoms with Crippen LogP contribution >= 0.6 is 38.9 Å². The molecule has 2 aromatic rings. The fourth-order valence-corrected chi connectivity index (χ4v) is 2.93. The number of hydrogen-bond donors (Lipinski definition) is 1. The molecule has 0 bridgehead atoms. The number of nitrogen functional groups attached to an aromatic ring is 1. The Morgan fingerprint density at radius 3 is 3.00 bits per heavy atom. The summed E-state index contributed by atoms with van der Waals surface area (Å²) in [5.74, 6) is 0. The van der Waals surface area contributed by atoms with Crippen molar-refractivity contribution in [1.29, 1.82) is 0 Å². The Hall–Kier alpha value is -0.250. The number of rotatable bonds is 1. The van der Waals surface area contributed by atoms with E-state index in [1.807, 2.05) is 17.5 Å². The molecule has 68 valence electrons. The van der Waals surface area contributed by atoms with E-state index >= 15 is 0 Å². The van der Waals surface area contributed by atoms with E-state index in [-0.39, 0.29) is 0 Å². The predicted molar refractivity (Wildman–Crippen MR) is 63.9 cm³/mol. The van der Waals surface area contributed by atoms with E-state index < -0.39 is 0 Å². The third-order valence-corrected chi connectivity index (χ3v) is 3.93. The van der Waals surface area contributed by atoms with Gasteiger partial charge in [-0.25, -0.2) is 0 Å². The number of halogens is 2. The molecule has 13 heavy (non-hydrogen) atoms. The van der Waals surface area contributed by atoms with E-state index in [1.165, 1.54) is 0 Å². The van der Waals surface area contributed by atoms with E-state index in [0.29, 0.717) is 0 Å². The molecule has 2 N–H and O–H groups in total. The van der Waals surface area contributed by atoms with E-state index in [0.717, 1.165) is 31.7 Å². The Kier molecular flexibility index (Phi) is 2.49. The van der Waals surface area contributed by atoms with E-state index in [1.54, 1.807) is 11.3 Å². The molecule has 1 nitrogen and oxygen atoms in total. The molecule has 1 heterocycles. The van der Waals surface area contributed by atoms with Crippen LogP contribution in [0.15, 0.2) is 17.5 Å². The first-order valence-corrected chi connectivity index (χ1v) is 6.12. The normalized spacial score (nSPS) is 10.9. The Morgan fingerprint density at radius 2 is 2.31 bits per heavy atom. The topological polar surface area (TPSA) is 26.0 Å². The highest BCUT2D eigenvalue weighted by Gasteiger charge is 2.08. The van der Waals surface area contributed by atoms with Gasteiger partial charge in [0.2, 0.25) is 0 Å². The van der Waals surface area contributed by atoms with Crippen LogP contribution in [0.25, 0.3) is 10.1 Å². The van der Waals surface area contributed by atoms with Crippen molar-refractivity contribution < 1.29 is 0 Å². The number of thiophene rings is 1. The molecule has 0 aliphatic rings. The van der Waals surface area contributed by atoms with Crippen LogP contribution in [0.1, 0.15) is 5.56 Å². The fraction of sp³-hybridized carbons (Fsp3) is 0.111. The molecule has 0 aliphatic heterocycles. The van der Waals surface area contributed by atoms with Gasteiger partial charge in [0.15, 0.2) is 0 Å². The summed E-state index contributed by atoms with van der Waals surface area (Å²) < 4.78 is 1.07. The minimum absolute atomic E-state index is 0.740.